The van der Waals surface area contributed by atoms with Gasteiger partial charge in [0.1, 0.15) is 0 Å². The lowest BCUT2D eigenvalue weighted by Gasteiger charge is -2.44. The summed E-state index contributed by atoms with van der Waals surface area (Å²) in [5, 5.41) is 3.71. The van der Waals surface area contributed by atoms with Crippen molar-refractivity contribution in [3.05, 3.63) is 29.6 Å². The van der Waals surface area contributed by atoms with Gasteiger partial charge in [0, 0.05) is 17.4 Å². The van der Waals surface area contributed by atoms with Gasteiger partial charge in [-0.25, -0.2) is 0 Å². The number of pyridine rings is 1. The zero-order valence-corrected chi connectivity index (χ0v) is 14.0. The number of hydrogen-bond acceptors (Lipinski definition) is 3. The number of nitrogens with one attached hydrogen (secondary N) is 1. The van der Waals surface area contributed by atoms with Gasteiger partial charge in [0.15, 0.2) is 0 Å². The zero-order valence-electron chi connectivity index (χ0n) is 14.0. The molecule has 0 bridgehead atoms. The first-order valence-corrected chi connectivity index (χ1v) is 7.88. The molecule has 0 aliphatic carbocycles. The molecule has 1 aromatic heterocycles. The molecule has 1 heterocycles. The molecule has 0 saturated carbocycles. The molecule has 0 aliphatic heterocycles. The summed E-state index contributed by atoms with van der Waals surface area (Å²) in [5.41, 5.74) is 2.42. The van der Waals surface area contributed by atoms with Gasteiger partial charge >= 0.3 is 0 Å². The van der Waals surface area contributed by atoms with Crippen LogP contribution in [0.1, 0.15) is 58.3 Å². The topological polar surface area (TPSA) is 28.2 Å². The van der Waals surface area contributed by atoms with E-state index in [0.29, 0.717) is 6.04 Å². The van der Waals surface area contributed by atoms with Crippen LogP contribution in [0.3, 0.4) is 0 Å². The highest BCUT2D eigenvalue weighted by molar-refractivity contribution is 5.21. The van der Waals surface area contributed by atoms with Crippen LogP contribution in [0, 0.1) is 6.92 Å². The quantitative estimate of drug-likeness (QED) is 0.787. The lowest BCUT2D eigenvalue weighted by molar-refractivity contribution is 0.0910. The highest BCUT2D eigenvalue weighted by Gasteiger charge is 2.34. The van der Waals surface area contributed by atoms with Gasteiger partial charge in [0.2, 0.25) is 0 Å². The van der Waals surface area contributed by atoms with E-state index >= 15 is 0 Å². The fraction of sp³-hybridized carbons (Fsp3) is 0.706. The monoisotopic (exact) mass is 277 g/mol. The van der Waals surface area contributed by atoms with E-state index in [1.165, 1.54) is 5.56 Å². The van der Waals surface area contributed by atoms with Crippen LogP contribution < -0.4 is 5.32 Å². The molecule has 1 unspecified atom stereocenters. The smallest absolute Gasteiger partial charge is 0.0517 e. The summed E-state index contributed by atoms with van der Waals surface area (Å²) in [6.45, 7) is 16.5. The second kappa shape index (κ2) is 7.75. The fourth-order valence-corrected chi connectivity index (χ4v) is 2.94. The molecule has 114 valence electrons. The predicted molar refractivity (Wildman–Crippen MR) is 87.0 cm³/mol. The van der Waals surface area contributed by atoms with Gasteiger partial charge in [0.25, 0.3) is 0 Å². The Kier molecular flexibility index (Phi) is 6.63. The van der Waals surface area contributed by atoms with Gasteiger partial charge in [-0.1, -0.05) is 26.8 Å². The summed E-state index contributed by atoms with van der Waals surface area (Å²) >= 11 is 0. The van der Waals surface area contributed by atoms with Crippen LogP contribution in [0.5, 0.6) is 0 Å². The molecule has 20 heavy (non-hydrogen) atoms. The normalized spacial score (nSPS) is 13.8. The molecular weight excluding hydrogens is 246 g/mol. The average molecular weight is 277 g/mol. The Bertz CT molecular complexity index is 380. The molecule has 0 amide bonds. The van der Waals surface area contributed by atoms with Crippen molar-refractivity contribution in [1.29, 1.82) is 0 Å². The van der Waals surface area contributed by atoms with Crippen molar-refractivity contribution >= 4 is 0 Å². The SMILES string of the molecule is CCCNC(c1ccc(C)nc1)C(C)(C)N(CC)CC. The third-order valence-corrected chi connectivity index (χ3v) is 4.15. The highest BCUT2D eigenvalue weighted by atomic mass is 15.2. The largest absolute Gasteiger partial charge is 0.308 e. The number of hydrogen-bond donors (Lipinski definition) is 1. The van der Waals surface area contributed by atoms with E-state index < -0.39 is 0 Å². The standard InChI is InChI=1S/C17H31N3/c1-7-12-18-16(15-11-10-14(4)19-13-15)17(5,6)20(8-2)9-3/h10-11,13,16,18H,7-9,12H2,1-6H3. The van der Waals surface area contributed by atoms with Crippen LogP contribution in [0.25, 0.3) is 0 Å². The van der Waals surface area contributed by atoms with Gasteiger partial charge in [-0.2, -0.15) is 0 Å². The Morgan fingerprint density at radius 3 is 2.30 bits per heavy atom. The van der Waals surface area contributed by atoms with E-state index in [-0.39, 0.29) is 5.54 Å². The first-order valence-electron chi connectivity index (χ1n) is 7.88. The van der Waals surface area contributed by atoms with Crippen LogP contribution in [0.4, 0.5) is 0 Å². The summed E-state index contributed by atoms with van der Waals surface area (Å²) < 4.78 is 0. The highest BCUT2D eigenvalue weighted by Crippen LogP contribution is 2.30. The van der Waals surface area contributed by atoms with E-state index in [0.717, 1.165) is 31.7 Å². The van der Waals surface area contributed by atoms with E-state index in [9.17, 15) is 0 Å². The minimum Gasteiger partial charge on any atom is -0.308 e. The molecule has 1 rings (SSSR count). The Labute approximate surface area is 124 Å². The maximum Gasteiger partial charge on any atom is 0.0517 e. The number of nitrogens with zero attached hydrogens (tertiary/aromatic N) is 2. The molecule has 0 radical (unpaired) electrons. The van der Waals surface area contributed by atoms with Crippen molar-refractivity contribution in [3.63, 3.8) is 0 Å². The molecule has 1 N–H and O–H groups in total. The molecule has 3 nitrogen and oxygen atoms in total. The lowest BCUT2D eigenvalue weighted by atomic mass is 9.87. The van der Waals surface area contributed by atoms with Gasteiger partial charge in [-0.05, 0) is 58.5 Å². The van der Waals surface area contributed by atoms with Gasteiger partial charge in [-0.15, -0.1) is 0 Å². The number of likely N-dealkylation sites (N-methyl/N-ethyl adjacent to an activating group) is 1. The first-order chi connectivity index (χ1) is 9.47. The Morgan fingerprint density at radius 1 is 1.20 bits per heavy atom. The van der Waals surface area contributed by atoms with Crippen LogP contribution in [-0.2, 0) is 0 Å². The van der Waals surface area contributed by atoms with Crippen molar-refractivity contribution < 1.29 is 0 Å². The summed E-state index contributed by atoms with van der Waals surface area (Å²) in [6.07, 6.45) is 3.16. The van der Waals surface area contributed by atoms with Crippen LogP contribution in [-0.4, -0.2) is 35.1 Å². The molecule has 1 aromatic rings. The minimum absolute atomic E-state index is 0.0651. The molecule has 3 heteroatoms. The van der Waals surface area contributed by atoms with Crippen molar-refractivity contribution in [1.82, 2.24) is 15.2 Å². The van der Waals surface area contributed by atoms with Crippen molar-refractivity contribution in [2.75, 3.05) is 19.6 Å². The second-order valence-electron chi connectivity index (χ2n) is 5.95. The van der Waals surface area contributed by atoms with Crippen LogP contribution >= 0.6 is 0 Å². The lowest BCUT2D eigenvalue weighted by Crippen LogP contribution is -2.52. The average Bonchev–Trinajstić information content (AvgIpc) is 2.42. The summed E-state index contributed by atoms with van der Waals surface area (Å²) in [6, 6.07) is 4.62. The molecule has 1 atom stereocenters. The fourth-order valence-electron chi connectivity index (χ4n) is 2.94. The maximum atomic E-state index is 4.47. The van der Waals surface area contributed by atoms with E-state index in [1.54, 1.807) is 0 Å². The van der Waals surface area contributed by atoms with Crippen molar-refractivity contribution in [2.45, 2.75) is 59.5 Å². The first kappa shape index (κ1) is 17.1. The minimum atomic E-state index is 0.0651. The molecule has 0 spiro atoms. The van der Waals surface area contributed by atoms with Crippen LogP contribution in [0.15, 0.2) is 18.3 Å². The second-order valence-corrected chi connectivity index (χ2v) is 5.95. The van der Waals surface area contributed by atoms with Gasteiger partial charge in [-0.3, -0.25) is 9.88 Å². The number of aromatic nitrogens is 1. The van der Waals surface area contributed by atoms with Crippen LogP contribution in [0.2, 0.25) is 0 Å². The van der Waals surface area contributed by atoms with Gasteiger partial charge < -0.3 is 5.32 Å². The molecule has 0 aliphatic rings. The summed E-state index contributed by atoms with van der Waals surface area (Å²) in [4.78, 5) is 6.99. The Morgan fingerprint density at radius 2 is 1.85 bits per heavy atom. The van der Waals surface area contributed by atoms with E-state index in [2.05, 4.69) is 62.0 Å². The number of rotatable bonds is 8. The summed E-state index contributed by atoms with van der Waals surface area (Å²) in [5.74, 6) is 0. The molecule has 0 saturated heterocycles. The molecular formula is C17H31N3. The Balaban J connectivity index is 3.07. The predicted octanol–water partition coefficient (Wildman–Crippen LogP) is 3.55. The third-order valence-electron chi connectivity index (χ3n) is 4.15. The van der Waals surface area contributed by atoms with Crippen molar-refractivity contribution in [3.8, 4) is 0 Å². The van der Waals surface area contributed by atoms with Gasteiger partial charge in [0.05, 0.1) is 6.04 Å². The third kappa shape index (κ3) is 4.03. The van der Waals surface area contributed by atoms with E-state index in [1.807, 2.05) is 13.1 Å². The number of aryl methyl sites for hydroxylation is 1. The molecule has 0 fully saturated rings. The van der Waals surface area contributed by atoms with Crippen molar-refractivity contribution in [2.24, 2.45) is 0 Å². The summed E-state index contributed by atoms with van der Waals surface area (Å²) in [7, 11) is 0. The zero-order chi connectivity index (χ0) is 15.2. The van der Waals surface area contributed by atoms with E-state index in [4.69, 9.17) is 0 Å². The molecule has 0 aromatic carbocycles. The Hall–Kier alpha value is -0.930. The maximum absolute atomic E-state index is 4.47.